The van der Waals surface area contributed by atoms with E-state index in [0.717, 1.165) is 48.2 Å². The summed E-state index contributed by atoms with van der Waals surface area (Å²) in [7, 11) is 3.32. The van der Waals surface area contributed by atoms with E-state index in [0.29, 0.717) is 11.0 Å². The Hall–Kier alpha value is -2.99. The molecule has 7 heteroatoms. The molecular weight excluding hydrogens is 388 g/mol. The van der Waals surface area contributed by atoms with E-state index < -0.39 is 0 Å². The summed E-state index contributed by atoms with van der Waals surface area (Å²) in [4.78, 5) is 11.5. The van der Waals surface area contributed by atoms with Gasteiger partial charge in [0, 0.05) is 35.6 Å². The van der Waals surface area contributed by atoms with Gasteiger partial charge >= 0.3 is 0 Å². The number of nitrogens with zero attached hydrogens (tertiary/aromatic N) is 3. The molecule has 29 heavy (non-hydrogen) atoms. The zero-order chi connectivity index (χ0) is 20.4. The van der Waals surface area contributed by atoms with Crippen molar-refractivity contribution in [1.82, 2.24) is 9.97 Å². The van der Waals surface area contributed by atoms with Crippen LogP contribution in [0.5, 0.6) is 11.5 Å². The average Bonchev–Trinajstić information content (AvgIpc) is 2.71. The molecule has 0 spiro atoms. The minimum absolute atomic E-state index is 0.556. The smallest absolute Gasteiger partial charge is 0.229 e. The summed E-state index contributed by atoms with van der Waals surface area (Å²) in [6.07, 6.45) is 0.912. The molecule has 0 bridgehead atoms. The molecule has 1 N–H and O–H groups in total. The Morgan fingerprint density at radius 2 is 1.76 bits per heavy atom. The molecule has 3 aromatic rings. The highest BCUT2D eigenvalue weighted by Gasteiger charge is 2.21. The van der Waals surface area contributed by atoms with Crippen LogP contribution in [-0.2, 0) is 13.0 Å². The van der Waals surface area contributed by atoms with Gasteiger partial charge in [-0.25, -0.2) is 4.98 Å². The van der Waals surface area contributed by atoms with Gasteiger partial charge in [0.15, 0.2) is 11.5 Å². The summed E-state index contributed by atoms with van der Waals surface area (Å²) in [5, 5.41) is 3.91. The molecule has 1 aliphatic rings. The van der Waals surface area contributed by atoms with Crippen LogP contribution in [0, 0.1) is 6.92 Å². The zero-order valence-electron chi connectivity index (χ0n) is 16.7. The molecule has 150 valence electrons. The van der Waals surface area contributed by atoms with Crippen LogP contribution in [0.1, 0.15) is 16.8 Å². The number of fused-ring (bicyclic) bond motifs is 1. The van der Waals surface area contributed by atoms with Crippen LogP contribution in [-0.4, -0.2) is 30.7 Å². The fourth-order valence-electron chi connectivity index (χ4n) is 3.54. The lowest BCUT2D eigenvalue weighted by molar-refractivity contribution is 0.353. The minimum Gasteiger partial charge on any atom is -0.493 e. The predicted octanol–water partition coefficient (Wildman–Crippen LogP) is 4.76. The first-order chi connectivity index (χ1) is 14.1. The van der Waals surface area contributed by atoms with Gasteiger partial charge in [-0.15, -0.1) is 0 Å². The van der Waals surface area contributed by atoms with Gasteiger partial charge in [0.05, 0.1) is 14.2 Å². The van der Waals surface area contributed by atoms with Gasteiger partial charge in [-0.05, 0) is 54.8 Å². The highest BCUT2D eigenvalue weighted by molar-refractivity contribution is 6.30. The molecule has 2 aromatic carbocycles. The molecule has 0 saturated heterocycles. The first-order valence-electron chi connectivity index (χ1n) is 9.42. The summed E-state index contributed by atoms with van der Waals surface area (Å²) < 4.78 is 10.9. The van der Waals surface area contributed by atoms with Gasteiger partial charge in [-0.2, -0.15) is 4.98 Å². The number of ether oxygens (including phenoxy) is 2. The van der Waals surface area contributed by atoms with Crippen LogP contribution in [0.3, 0.4) is 0 Å². The van der Waals surface area contributed by atoms with E-state index in [1.54, 1.807) is 14.2 Å². The molecule has 0 unspecified atom stereocenters. The lowest BCUT2D eigenvalue weighted by Gasteiger charge is -2.30. The van der Waals surface area contributed by atoms with Crippen molar-refractivity contribution in [3.8, 4) is 11.5 Å². The van der Waals surface area contributed by atoms with Gasteiger partial charge < -0.3 is 19.7 Å². The second-order valence-corrected chi connectivity index (χ2v) is 7.41. The van der Waals surface area contributed by atoms with Gasteiger partial charge in [0.25, 0.3) is 0 Å². The lowest BCUT2D eigenvalue weighted by Crippen LogP contribution is -2.31. The fourth-order valence-corrected chi connectivity index (χ4v) is 3.73. The van der Waals surface area contributed by atoms with Gasteiger partial charge in [-0.3, -0.25) is 0 Å². The Kier molecular flexibility index (Phi) is 5.45. The molecule has 1 aliphatic heterocycles. The van der Waals surface area contributed by atoms with Crippen molar-refractivity contribution in [2.75, 3.05) is 31.0 Å². The second-order valence-electron chi connectivity index (χ2n) is 6.97. The first kappa shape index (κ1) is 19.3. The number of methoxy groups -OCH3 is 2. The maximum atomic E-state index is 6.08. The standard InChI is InChI=1S/C22H23ClN4O2/c1-14-9-21(26-22(24-14)25-18-6-4-5-17(23)12-18)27-8-7-15-10-19(28-2)20(29-3)11-16(15)13-27/h4-6,9-12H,7-8,13H2,1-3H3,(H,24,25,26). The third kappa shape index (κ3) is 4.22. The number of hydrogen-bond donors (Lipinski definition) is 1. The highest BCUT2D eigenvalue weighted by atomic mass is 35.5. The summed E-state index contributed by atoms with van der Waals surface area (Å²) in [5.41, 5.74) is 4.25. The van der Waals surface area contributed by atoms with E-state index >= 15 is 0 Å². The van der Waals surface area contributed by atoms with Crippen molar-refractivity contribution < 1.29 is 9.47 Å². The fraction of sp³-hybridized carbons (Fsp3) is 0.273. The predicted molar refractivity (Wildman–Crippen MR) is 116 cm³/mol. The zero-order valence-corrected chi connectivity index (χ0v) is 17.5. The van der Waals surface area contributed by atoms with E-state index in [1.165, 1.54) is 11.1 Å². The van der Waals surface area contributed by atoms with Gasteiger partial charge in [0.1, 0.15) is 5.82 Å². The van der Waals surface area contributed by atoms with Crippen LogP contribution in [0.15, 0.2) is 42.5 Å². The molecule has 0 aliphatic carbocycles. The third-order valence-corrected chi connectivity index (χ3v) is 5.20. The van der Waals surface area contributed by atoms with Crippen molar-refractivity contribution in [2.24, 2.45) is 0 Å². The van der Waals surface area contributed by atoms with Crippen molar-refractivity contribution in [3.05, 3.63) is 64.3 Å². The number of halogens is 1. The molecule has 0 atom stereocenters. The minimum atomic E-state index is 0.556. The van der Waals surface area contributed by atoms with E-state index in [-0.39, 0.29) is 0 Å². The topological polar surface area (TPSA) is 59.5 Å². The first-order valence-corrected chi connectivity index (χ1v) is 9.80. The Balaban J connectivity index is 1.60. The average molecular weight is 411 g/mol. The highest BCUT2D eigenvalue weighted by Crippen LogP contribution is 2.34. The second kappa shape index (κ2) is 8.17. The number of rotatable bonds is 5. The molecular formula is C22H23ClN4O2. The largest absolute Gasteiger partial charge is 0.493 e. The van der Waals surface area contributed by atoms with E-state index in [4.69, 9.17) is 26.1 Å². The van der Waals surface area contributed by atoms with Crippen molar-refractivity contribution in [3.63, 3.8) is 0 Å². The van der Waals surface area contributed by atoms with Crippen LogP contribution < -0.4 is 19.7 Å². The molecule has 1 aromatic heterocycles. The van der Waals surface area contributed by atoms with Crippen molar-refractivity contribution in [2.45, 2.75) is 19.9 Å². The van der Waals surface area contributed by atoms with E-state index in [2.05, 4.69) is 27.3 Å². The Bertz CT molecular complexity index is 1040. The molecule has 0 amide bonds. The van der Waals surface area contributed by atoms with Gasteiger partial charge in [0.2, 0.25) is 5.95 Å². The van der Waals surface area contributed by atoms with Gasteiger partial charge in [-0.1, -0.05) is 17.7 Å². The molecule has 6 nitrogen and oxygen atoms in total. The summed E-state index contributed by atoms with van der Waals surface area (Å²) in [5.74, 6) is 2.96. The van der Waals surface area contributed by atoms with Crippen LogP contribution >= 0.6 is 11.6 Å². The quantitative estimate of drug-likeness (QED) is 0.654. The normalized spacial score (nSPS) is 13.0. The molecule has 4 rings (SSSR count). The number of hydrogen-bond acceptors (Lipinski definition) is 6. The Labute approximate surface area is 175 Å². The number of aromatic nitrogens is 2. The van der Waals surface area contributed by atoms with E-state index in [1.807, 2.05) is 37.3 Å². The SMILES string of the molecule is COc1cc2c(cc1OC)CN(c1cc(C)nc(Nc3cccc(Cl)c3)n1)CC2. The molecule has 0 radical (unpaired) electrons. The Morgan fingerprint density at radius 3 is 2.48 bits per heavy atom. The number of aryl methyl sites for hydroxylation is 1. The maximum Gasteiger partial charge on any atom is 0.229 e. The Morgan fingerprint density at radius 1 is 1.00 bits per heavy atom. The van der Waals surface area contributed by atoms with E-state index in [9.17, 15) is 0 Å². The monoisotopic (exact) mass is 410 g/mol. The van der Waals surface area contributed by atoms with Crippen molar-refractivity contribution >= 4 is 29.1 Å². The summed E-state index contributed by atoms with van der Waals surface area (Å²) in [6.45, 7) is 3.60. The molecule has 0 fully saturated rings. The summed E-state index contributed by atoms with van der Waals surface area (Å²) >= 11 is 6.08. The molecule has 2 heterocycles. The van der Waals surface area contributed by atoms with Crippen molar-refractivity contribution in [1.29, 1.82) is 0 Å². The van der Waals surface area contributed by atoms with Crippen LogP contribution in [0.4, 0.5) is 17.5 Å². The van der Waals surface area contributed by atoms with Crippen LogP contribution in [0.25, 0.3) is 0 Å². The number of nitrogens with one attached hydrogen (secondary N) is 1. The molecule has 0 saturated carbocycles. The number of anilines is 3. The third-order valence-electron chi connectivity index (χ3n) is 4.96. The summed E-state index contributed by atoms with van der Waals surface area (Å²) in [6, 6.07) is 13.7. The lowest BCUT2D eigenvalue weighted by atomic mass is 9.99. The maximum absolute atomic E-state index is 6.08. The number of benzene rings is 2. The van der Waals surface area contributed by atoms with Crippen LogP contribution in [0.2, 0.25) is 5.02 Å².